The predicted molar refractivity (Wildman–Crippen MR) is 102 cm³/mol. The van der Waals surface area contributed by atoms with Crippen LogP contribution < -0.4 is 0 Å². The molecule has 1 N–H and O–H groups in total. The van der Waals surface area contributed by atoms with Crippen molar-refractivity contribution in [3.8, 4) is 0 Å². The first-order valence-electron chi connectivity index (χ1n) is 8.25. The van der Waals surface area contributed by atoms with Crippen molar-refractivity contribution < 1.29 is 23.1 Å². The van der Waals surface area contributed by atoms with Crippen LogP contribution in [0.25, 0.3) is 0 Å². The fraction of sp³-hybridized carbons (Fsp3) is 0.389. The topological polar surface area (TPSA) is 40.5 Å². The summed E-state index contributed by atoms with van der Waals surface area (Å²) in [5.41, 5.74) is -0.429. The zero-order valence-corrected chi connectivity index (χ0v) is 17.1. The maximum Gasteiger partial charge on any atom is 0.416 e. The van der Waals surface area contributed by atoms with E-state index in [-0.39, 0.29) is 11.6 Å². The first-order chi connectivity index (χ1) is 12.7. The molecule has 0 saturated carbocycles. The van der Waals surface area contributed by atoms with Crippen molar-refractivity contribution in [1.82, 2.24) is 4.90 Å². The average molecular weight is 483 g/mol. The largest absolute Gasteiger partial charge is 0.481 e. The number of carboxylic acid groups (broad SMARTS) is 1. The molecule has 1 fully saturated rings. The molecule has 0 bridgehead atoms. The van der Waals surface area contributed by atoms with Crippen molar-refractivity contribution in [3.63, 3.8) is 0 Å². The zero-order chi connectivity index (χ0) is 19.8. The van der Waals surface area contributed by atoms with E-state index < -0.39 is 29.7 Å². The number of piperidine rings is 1. The quantitative estimate of drug-likeness (QED) is 0.575. The van der Waals surface area contributed by atoms with Crippen LogP contribution in [-0.2, 0) is 11.0 Å². The van der Waals surface area contributed by atoms with Gasteiger partial charge in [0.2, 0.25) is 0 Å². The lowest BCUT2D eigenvalue weighted by molar-refractivity contribution is -0.143. The fourth-order valence-electron chi connectivity index (χ4n) is 3.38. The van der Waals surface area contributed by atoms with Gasteiger partial charge in [-0.3, -0.25) is 9.69 Å². The van der Waals surface area contributed by atoms with Gasteiger partial charge in [0.05, 0.1) is 21.3 Å². The van der Waals surface area contributed by atoms with Crippen molar-refractivity contribution in [2.24, 2.45) is 5.92 Å². The molecule has 0 aliphatic carbocycles. The Morgan fingerprint density at radius 2 is 2.07 bits per heavy atom. The first-order valence-corrected chi connectivity index (χ1v) is 10.2. The highest BCUT2D eigenvalue weighted by molar-refractivity contribution is 9.11. The number of nitrogens with zero attached hydrogens (tertiary/aromatic N) is 1. The summed E-state index contributed by atoms with van der Waals surface area (Å²) >= 11 is 11.1. The van der Waals surface area contributed by atoms with E-state index >= 15 is 0 Å². The van der Waals surface area contributed by atoms with Crippen molar-refractivity contribution in [2.45, 2.75) is 25.1 Å². The van der Waals surface area contributed by atoms with E-state index in [0.29, 0.717) is 24.9 Å². The molecule has 27 heavy (non-hydrogen) atoms. The van der Waals surface area contributed by atoms with E-state index in [4.69, 9.17) is 11.6 Å². The number of benzene rings is 1. The zero-order valence-electron chi connectivity index (χ0n) is 14.0. The van der Waals surface area contributed by atoms with Gasteiger partial charge in [-0.25, -0.2) is 0 Å². The number of thiophene rings is 1. The lowest BCUT2D eigenvalue weighted by Gasteiger charge is -2.37. The highest BCUT2D eigenvalue weighted by Crippen LogP contribution is 2.42. The van der Waals surface area contributed by atoms with Crippen molar-refractivity contribution in [1.29, 1.82) is 0 Å². The van der Waals surface area contributed by atoms with Gasteiger partial charge in [-0.1, -0.05) is 11.6 Å². The summed E-state index contributed by atoms with van der Waals surface area (Å²) in [4.78, 5) is 14.2. The summed E-state index contributed by atoms with van der Waals surface area (Å²) in [6.45, 7) is 0.860. The Hall–Kier alpha value is -1.09. The summed E-state index contributed by atoms with van der Waals surface area (Å²) < 4.78 is 40.6. The van der Waals surface area contributed by atoms with Crippen LogP contribution >= 0.6 is 38.9 Å². The van der Waals surface area contributed by atoms with Crippen LogP contribution in [-0.4, -0.2) is 29.1 Å². The van der Waals surface area contributed by atoms with Gasteiger partial charge in [-0.2, -0.15) is 13.2 Å². The lowest BCUT2D eigenvalue weighted by atomic mass is 9.93. The minimum atomic E-state index is -4.48. The van der Waals surface area contributed by atoms with Crippen molar-refractivity contribution in [2.75, 3.05) is 13.1 Å². The molecule has 2 aromatic rings. The molecule has 9 heteroatoms. The number of carbonyl (C=O) groups is 1. The molecule has 0 radical (unpaired) electrons. The van der Waals surface area contributed by atoms with Crippen LogP contribution in [0.3, 0.4) is 0 Å². The Bertz CT molecular complexity index is 842. The minimum absolute atomic E-state index is 0.231. The second kappa shape index (κ2) is 8.11. The maximum absolute atomic E-state index is 13.2. The number of likely N-dealkylation sites (tertiary alicyclic amines) is 1. The number of hydrogen-bond acceptors (Lipinski definition) is 3. The maximum atomic E-state index is 13.2. The van der Waals surface area contributed by atoms with Gasteiger partial charge < -0.3 is 5.11 Å². The Kier molecular flexibility index (Phi) is 6.20. The van der Waals surface area contributed by atoms with Crippen molar-refractivity contribution in [3.05, 3.63) is 55.1 Å². The van der Waals surface area contributed by atoms with E-state index in [1.54, 1.807) is 0 Å². The molecule has 2 heterocycles. The van der Waals surface area contributed by atoms with Crippen LogP contribution in [0.15, 0.2) is 34.1 Å². The Balaban J connectivity index is 2.07. The number of hydrogen-bond donors (Lipinski definition) is 1. The third-order valence-electron chi connectivity index (χ3n) is 4.65. The number of halogens is 5. The molecule has 0 spiro atoms. The Morgan fingerprint density at radius 3 is 2.67 bits per heavy atom. The van der Waals surface area contributed by atoms with E-state index in [0.717, 1.165) is 20.8 Å². The van der Waals surface area contributed by atoms with Gasteiger partial charge in [0.15, 0.2) is 0 Å². The summed E-state index contributed by atoms with van der Waals surface area (Å²) in [5, 5.41) is 9.61. The van der Waals surface area contributed by atoms with Gasteiger partial charge in [0.1, 0.15) is 0 Å². The smallest absolute Gasteiger partial charge is 0.416 e. The third kappa shape index (κ3) is 4.67. The third-order valence-corrected chi connectivity index (χ3v) is 6.67. The summed E-state index contributed by atoms with van der Waals surface area (Å²) in [5.74, 6) is -1.44. The Labute approximate surface area is 171 Å². The molecule has 3 nitrogen and oxygen atoms in total. The monoisotopic (exact) mass is 481 g/mol. The molecule has 0 amide bonds. The highest BCUT2D eigenvalue weighted by atomic mass is 79.9. The van der Waals surface area contributed by atoms with E-state index in [2.05, 4.69) is 15.9 Å². The molecule has 3 rings (SSSR count). The SMILES string of the molecule is O=C(O)C1CCCN(C(c2ccc(Br)s2)c2cc(C(F)(F)F)ccc2Cl)C1. The minimum Gasteiger partial charge on any atom is -0.481 e. The molecule has 146 valence electrons. The number of rotatable bonds is 4. The molecular weight excluding hydrogens is 467 g/mol. The van der Waals surface area contributed by atoms with Crippen LogP contribution in [0.2, 0.25) is 5.02 Å². The summed E-state index contributed by atoms with van der Waals surface area (Å²) in [7, 11) is 0. The Morgan fingerprint density at radius 1 is 1.33 bits per heavy atom. The van der Waals surface area contributed by atoms with Gasteiger partial charge >= 0.3 is 12.1 Å². The lowest BCUT2D eigenvalue weighted by Crippen LogP contribution is -2.41. The standard InChI is InChI=1S/C18H16BrClF3NO2S/c19-15-6-5-14(27-15)16(24-7-1-2-10(9-24)17(25)26)12-8-11(18(21,22)23)3-4-13(12)20/h3-6,8,10,16H,1-2,7,9H2,(H,25,26). The summed E-state index contributed by atoms with van der Waals surface area (Å²) in [6.07, 6.45) is -3.26. The van der Waals surface area contributed by atoms with Crippen LogP contribution in [0.1, 0.15) is 34.9 Å². The second-order valence-electron chi connectivity index (χ2n) is 6.45. The molecule has 1 aromatic heterocycles. The highest BCUT2D eigenvalue weighted by Gasteiger charge is 2.36. The average Bonchev–Trinajstić information content (AvgIpc) is 3.02. The van der Waals surface area contributed by atoms with E-state index in [1.165, 1.54) is 17.4 Å². The number of alkyl halides is 3. The van der Waals surface area contributed by atoms with Gasteiger partial charge in [-0.05, 0) is 71.2 Å². The van der Waals surface area contributed by atoms with E-state index in [1.807, 2.05) is 17.0 Å². The second-order valence-corrected chi connectivity index (χ2v) is 9.35. The number of aliphatic carboxylic acids is 1. The predicted octanol–water partition coefficient (Wildman–Crippen LogP) is 6.07. The normalized spacial score (nSPS) is 19.8. The molecular formula is C18H16BrClF3NO2S. The molecule has 1 aliphatic rings. The van der Waals surface area contributed by atoms with Gasteiger partial charge in [-0.15, -0.1) is 11.3 Å². The number of carboxylic acids is 1. The first kappa shape index (κ1) is 20.6. The molecule has 2 atom stereocenters. The van der Waals surface area contributed by atoms with Crippen LogP contribution in [0, 0.1) is 5.92 Å². The summed E-state index contributed by atoms with van der Waals surface area (Å²) in [6, 6.07) is 6.42. The molecule has 2 unspecified atom stereocenters. The molecule has 1 saturated heterocycles. The molecule has 1 aliphatic heterocycles. The van der Waals surface area contributed by atoms with Crippen LogP contribution in [0.4, 0.5) is 13.2 Å². The van der Waals surface area contributed by atoms with Gasteiger partial charge in [0.25, 0.3) is 0 Å². The molecule has 1 aromatic carbocycles. The van der Waals surface area contributed by atoms with Gasteiger partial charge in [0, 0.05) is 16.4 Å². The van der Waals surface area contributed by atoms with Crippen LogP contribution in [0.5, 0.6) is 0 Å². The fourth-order valence-corrected chi connectivity index (χ4v) is 5.18. The van der Waals surface area contributed by atoms with E-state index in [9.17, 15) is 23.1 Å². The van der Waals surface area contributed by atoms with Crippen molar-refractivity contribution >= 4 is 44.8 Å².